The van der Waals surface area contributed by atoms with Crippen molar-refractivity contribution >= 4 is 29.8 Å². The van der Waals surface area contributed by atoms with Gasteiger partial charge >= 0.3 is 6.03 Å². The van der Waals surface area contributed by atoms with Gasteiger partial charge in [-0.25, -0.2) is 4.79 Å². The van der Waals surface area contributed by atoms with E-state index in [-0.39, 0.29) is 11.5 Å². The molecule has 0 bridgehead atoms. The van der Waals surface area contributed by atoms with Gasteiger partial charge in [-0.3, -0.25) is 35.1 Å². The Kier molecular flexibility index (Phi) is 4.40. The zero-order chi connectivity index (χ0) is 18.8. The summed E-state index contributed by atoms with van der Waals surface area (Å²) in [6.45, 7) is 3.53. The van der Waals surface area contributed by atoms with Crippen molar-refractivity contribution in [2.24, 2.45) is 0 Å². The van der Waals surface area contributed by atoms with Gasteiger partial charge in [0.05, 0.1) is 0 Å². The number of urea groups is 1. The molecule has 1 aliphatic heterocycles. The predicted molar refractivity (Wildman–Crippen MR) is 93.7 cm³/mol. The van der Waals surface area contributed by atoms with E-state index >= 15 is 0 Å². The fourth-order valence-corrected chi connectivity index (χ4v) is 2.62. The van der Waals surface area contributed by atoms with Crippen LogP contribution in [0.2, 0.25) is 0 Å². The molecule has 1 aromatic carbocycles. The Bertz CT molecular complexity index is 935. The first-order valence-electron chi connectivity index (χ1n) is 7.80. The topological polar surface area (TPSA) is 109 Å². The Morgan fingerprint density at radius 2 is 1.65 bits per heavy atom. The smallest absolute Gasteiger partial charge is 0.273 e. The highest BCUT2D eigenvalue weighted by molar-refractivity contribution is 6.31. The van der Waals surface area contributed by atoms with Crippen molar-refractivity contribution in [1.29, 1.82) is 0 Å². The molecular formula is C18H16N4O4. The van der Waals surface area contributed by atoms with Gasteiger partial charge in [-0.15, -0.1) is 0 Å². The second kappa shape index (κ2) is 6.67. The molecule has 5 amide bonds. The number of rotatable bonds is 3. The Morgan fingerprint density at radius 1 is 1.04 bits per heavy atom. The van der Waals surface area contributed by atoms with Crippen molar-refractivity contribution in [2.45, 2.75) is 13.8 Å². The van der Waals surface area contributed by atoms with Crippen LogP contribution in [-0.4, -0.2) is 28.4 Å². The zero-order valence-corrected chi connectivity index (χ0v) is 14.1. The molecule has 2 aromatic rings. The summed E-state index contributed by atoms with van der Waals surface area (Å²) in [6, 6.07) is 9.62. The van der Waals surface area contributed by atoms with E-state index in [1.807, 2.05) is 16.7 Å². The zero-order valence-electron chi connectivity index (χ0n) is 14.1. The van der Waals surface area contributed by atoms with Crippen LogP contribution in [0.15, 0.2) is 42.0 Å². The normalized spacial score (nSPS) is 13.9. The number of benzene rings is 1. The SMILES string of the molecule is Cc1cc(C=C2C(=O)NC(=O)NC2=O)c(C)n1NC(=O)c1ccccc1. The number of aryl methyl sites for hydroxylation is 1. The first-order chi connectivity index (χ1) is 12.4. The first kappa shape index (κ1) is 17.2. The van der Waals surface area contributed by atoms with Gasteiger partial charge in [0.25, 0.3) is 17.7 Å². The Morgan fingerprint density at radius 3 is 2.27 bits per heavy atom. The summed E-state index contributed by atoms with van der Waals surface area (Å²) >= 11 is 0. The predicted octanol–water partition coefficient (Wildman–Crippen LogP) is 1.24. The molecule has 132 valence electrons. The molecule has 1 aliphatic rings. The van der Waals surface area contributed by atoms with Crippen LogP contribution >= 0.6 is 0 Å². The fourth-order valence-electron chi connectivity index (χ4n) is 2.62. The van der Waals surface area contributed by atoms with Gasteiger partial charge in [-0.05, 0) is 43.7 Å². The summed E-state index contributed by atoms with van der Waals surface area (Å²) in [6.07, 6.45) is 1.38. The minimum Gasteiger partial charge on any atom is -0.273 e. The molecule has 0 spiro atoms. The summed E-state index contributed by atoms with van der Waals surface area (Å²) in [4.78, 5) is 47.2. The Balaban J connectivity index is 1.90. The number of nitrogens with one attached hydrogen (secondary N) is 3. The van der Waals surface area contributed by atoms with Crippen LogP contribution in [0, 0.1) is 13.8 Å². The maximum absolute atomic E-state index is 12.3. The third-order valence-corrected chi connectivity index (χ3v) is 3.96. The number of imide groups is 2. The molecule has 1 saturated heterocycles. The fraction of sp³-hybridized carbons (Fsp3) is 0.111. The van der Waals surface area contributed by atoms with E-state index < -0.39 is 17.8 Å². The second-order valence-electron chi connectivity index (χ2n) is 5.76. The molecule has 8 heteroatoms. The number of nitrogens with zero attached hydrogens (tertiary/aromatic N) is 1. The highest BCUT2D eigenvalue weighted by Gasteiger charge is 2.28. The van der Waals surface area contributed by atoms with Gasteiger partial charge in [-0.2, -0.15) is 0 Å². The summed E-state index contributed by atoms with van der Waals surface area (Å²) < 4.78 is 1.57. The molecule has 8 nitrogen and oxygen atoms in total. The second-order valence-corrected chi connectivity index (χ2v) is 5.76. The highest BCUT2D eigenvalue weighted by Crippen LogP contribution is 2.18. The lowest BCUT2D eigenvalue weighted by Crippen LogP contribution is -2.51. The van der Waals surface area contributed by atoms with Crippen molar-refractivity contribution in [3.63, 3.8) is 0 Å². The number of carbonyl (C=O) groups is 4. The average molecular weight is 352 g/mol. The molecule has 2 heterocycles. The first-order valence-corrected chi connectivity index (χ1v) is 7.80. The largest absolute Gasteiger partial charge is 0.328 e. The van der Waals surface area contributed by atoms with Gasteiger partial charge in [0.2, 0.25) is 0 Å². The number of amides is 5. The molecule has 3 N–H and O–H groups in total. The maximum atomic E-state index is 12.3. The molecule has 1 fully saturated rings. The highest BCUT2D eigenvalue weighted by atomic mass is 16.2. The van der Waals surface area contributed by atoms with E-state index in [0.717, 1.165) is 0 Å². The molecular weight excluding hydrogens is 336 g/mol. The van der Waals surface area contributed by atoms with Crippen LogP contribution in [0.5, 0.6) is 0 Å². The number of hydrogen-bond acceptors (Lipinski definition) is 4. The van der Waals surface area contributed by atoms with Crippen LogP contribution in [0.4, 0.5) is 4.79 Å². The van der Waals surface area contributed by atoms with E-state index in [4.69, 9.17) is 0 Å². The van der Waals surface area contributed by atoms with Gasteiger partial charge < -0.3 is 0 Å². The summed E-state index contributed by atoms with van der Waals surface area (Å²) in [5, 5.41) is 4.04. The third kappa shape index (κ3) is 3.25. The number of aromatic nitrogens is 1. The summed E-state index contributed by atoms with van der Waals surface area (Å²) in [7, 11) is 0. The van der Waals surface area contributed by atoms with Crippen molar-refractivity contribution < 1.29 is 19.2 Å². The molecule has 26 heavy (non-hydrogen) atoms. The van der Waals surface area contributed by atoms with Crippen LogP contribution in [0.25, 0.3) is 6.08 Å². The van der Waals surface area contributed by atoms with Crippen LogP contribution in [0.1, 0.15) is 27.3 Å². The van der Waals surface area contributed by atoms with E-state index in [1.165, 1.54) is 6.08 Å². The standard InChI is InChI=1S/C18H16N4O4/c1-10-8-13(9-14-16(24)19-18(26)20-17(14)25)11(2)22(10)21-15(23)12-6-4-3-5-7-12/h3-9H,1-2H3,(H,21,23)(H2,19,20,24,25,26). The number of hydrogen-bond donors (Lipinski definition) is 3. The van der Waals surface area contributed by atoms with E-state index in [2.05, 4.69) is 5.43 Å². The molecule has 0 saturated carbocycles. The van der Waals surface area contributed by atoms with Gasteiger partial charge in [0.15, 0.2) is 0 Å². The molecule has 0 aliphatic carbocycles. The number of carbonyl (C=O) groups excluding carboxylic acids is 4. The Hall–Kier alpha value is -3.68. The van der Waals surface area contributed by atoms with Crippen molar-refractivity contribution in [2.75, 3.05) is 5.43 Å². The molecule has 0 unspecified atom stereocenters. The van der Waals surface area contributed by atoms with E-state index in [1.54, 1.807) is 48.9 Å². The molecule has 1 aromatic heterocycles. The van der Waals surface area contributed by atoms with E-state index in [9.17, 15) is 19.2 Å². The van der Waals surface area contributed by atoms with Crippen LogP contribution in [0.3, 0.4) is 0 Å². The number of barbiturate groups is 1. The lowest BCUT2D eigenvalue weighted by Gasteiger charge is -2.14. The monoisotopic (exact) mass is 352 g/mol. The van der Waals surface area contributed by atoms with Gasteiger partial charge in [0, 0.05) is 17.0 Å². The van der Waals surface area contributed by atoms with Crippen molar-refractivity contribution in [3.05, 3.63) is 64.5 Å². The molecule has 0 atom stereocenters. The van der Waals surface area contributed by atoms with Crippen molar-refractivity contribution in [3.8, 4) is 0 Å². The minimum absolute atomic E-state index is 0.181. The lowest BCUT2D eigenvalue weighted by molar-refractivity contribution is -0.123. The molecule has 3 rings (SSSR count). The van der Waals surface area contributed by atoms with Gasteiger partial charge in [0.1, 0.15) is 5.57 Å². The van der Waals surface area contributed by atoms with Crippen LogP contribution in [-0.2, 0) is 9.59 Å². The van der Waals surface area contributed by atoms with Crippen molar-refractivity contribution in [1.82, 2.24) is 15.3 Å². The van der Waals surface area contributed by atoms with Crippen LogP contribution < -0.4 is 16.1 Å². The van der Waals surface area contributed by atoms with Gasteiger partial charge in [-0.1, -0.05) is 18.2 Å². The average Bonchev–Trinajstić information content (AvgIpc) is 2.86. The quantitative estimate of drug-likeness (QED) is 0.570. The summed E-state index contributed by atoms with van der Waals surface area (Å²) in [5.41, 5.74) is 5.02. The van der Waals surface area contributed by atoms with E-state index in [0.29, 0.717) is 22.5 Å². The molecule has 0 radical (unpaired) electrons. The third-order valence-electron chi connectivity index (χ3n) is 3.96. The lowest BCUT2D eigenvalue weighted by atomic mass is 10.1. The minimum atomic E-state index is -0.849. The Labute approximate surface area is 148 Å². The maximum Gasteiger partial charge on any atom is 0.328 e. The summed E-state index contributed by atoms with van der Waals surface area (Å²) in [5.74, 6) is -1.82.